The number of allylic oxidation sites excluding steroid dienone is 1. The van der Waals surface area contributed by atoms with Crippen molar-refractivity contribution in [3.63, 3.8) is 0 Å². The molecule has 3 N–H and O–H groups in total. The summed E-state index contributed by atoms with van der Waals surface area (Å²) in [6.45, 7) is 3.89. The number of carbonyl (C=O) groups is 1. The van der Waals surface area contributed by atoms with Gasteiger partial charge in [-0.15, -0.1) is 0 Å². The maximum absolute atomic E-state index is 11.7. The first-order valence-electron chi connectivity index (χ1n) is 4.87. The Labute approximate surface area is 99.4 Å². The second-order valence-electron chi connectivity index (χ2n) is 3.69. The molecule has 0 saturated carbocycles. The molecule has 1 rings (SSSR count). The quantitative estimate of drug-likeness (QED) is 0.685. The fourth-order valence-electron chi connectivity index (χ4n) is 1.09. The van der Waals surface area contributed by atoms with Crippen molar-refractivity contribution in [1.29, 1.82) is 0 Å². The van der Waals surface area contributed by atoms with Crippen LogP contribution in [0.2, 0.25) is 0 Å². The van der Waals surface area contributed by atoms with Crippen LogP contribution in [0.4, 0.5) is 0 Å². The van der Waals surface area contributed by atoms with E-state index in [1.807, 2.05) is 13.8 Å². The van der Waals surface area contributed by atoms with Crippen LogP contribution in [0.1, 0.15) is 24.3 Å². The highest BCUT2D eigenvalue weighted by Crippen LogP contribution is 2.10. The molecule has 0 bridgehead atoms. The van der Waals surface area contributed by atoms with E-state index < -0.39 is 16.0 Å². The molecule has 0 aliphatic carbocycles. The van der Waals surface area contributed by atoms with Crippen molar-refractivity contribution in [3.8, 4) is 0 Å². The van der Waals surface area contributed by atoms with Crippen molar-refractivity contribution in [2.75, 3.05) is 6.54 Å². The number of rotatable bonds is 5. The van der Waals surface area contributed by atoms with Crippen LogP contribution in [0.15, 0.2) is 28.8 Å². The van der Waals surface area contributed by atoms with Crippen molar-refractivity contribution >= 4 is 16.0 Å². The third kappa shape index (κ3) is 3.72. The third-order valence-electron chi connectivity index (χ3n) is 1.98. The summed E-state index contributed by atoms with van der Waals surface area (Å²) in [4.78, 5) is 12.9. The van der Waals surface area contributed by atoms with Crippen LogP contribution in [0.3, 0.4) is 0 Å². The molecule has 0 saturated heterocycles. The zero-order chi connectivity index (χ0) is 13.1. The highest BCUT2D eigenvalue weighted by molar-refractivity contribution is 7.89. The second-order valence-corrected chi connectivity index (χ2v) is 5.45. The van der Waals surface area contributed by atoms with E-state index in [-0.39, 0.29) is 17.1 Å². The van der Waals surface area contributed by atoms with E-state index >= 15 is 0 Å². The molecule has 1 aromatic rings. The SMILES string of the molecule is CC(C)=CCNS(=O)(=O)c1c[nH]c(C(=O)O)c1. The molecule has 1 heterocycles. The maximum atomic E-state index is 11.7. The largest absolute Gasteiger partial charge is 0.477 e. The van der Waals surface area contributed by atoms with E-state index in [2.05, 4.69) is 9.71 Å². The van der Waals surface area contributed by atoms with Gasteiger partial charge in [-0.1, -0.05) is 11.6 Å². The number of carboxylic acid groups (broad SMARTS) is 1. The van der Waals surface area contributed by atoms with Gasteiger partial charge < -0.3 is 10.1 Å². The van der Waals surface area contributed by atoms with Crippen molar-refractivity contribution in [2.45, 2.75) is 18.7 Å². The highest BCUT2D eigenvalue weighted by Gasteiger charge is 2.17. The summed E-state index contributed by atoms with van der Waals surface area (Å²) in [5, 5.41) is 8.66. The Hall–Kier alpha value is -1.60. The average molecular weight is 258 g/mol. The van der Waals surface area contributed by atoms with Crippen LogP contribution in [0.25, 0.3) is 0 Å². The highest BCUT2D eigenvalue weighted by atomic mass is 32.2. The van der Waals surface area contributed by atoms with Crippen molar-refractivity contribution < 1.29 is 18.3 Å². The molecule has 0 aromatic carbocycles. The zero-order valence-corrected chi connectivity index (χ0v) is 10.3. The molecule has 0 spiro atoms. The third-order valence-corrected chi connectivity index (χ3v) is 3.38. The molecular formula is C10H14N2O4S. The van der Waals surface area contributed by atoms with E-state index in [4.69, 9.17) is 5.11 Å². The summed E-state index contributed by atoms with van der Waals surface area (Å²) in [6.07, 6.45) is 2.87. The predicted octanol–water partition coefficient (Wildman–Crippen LogP) is 0.957. The predicted molar refractivity (Wildman–Crippen MR) is 62.4 cm³/mol. The molecule has 0 radical (unpaired) electrons. The molecule has 0 amide bonds. The average Bonchev–Trinajstić information content (AvgIpc) is 2.65. The Balaban J connectivity index is 2.82. The number of sulfonamides is 1. The monoisotopic (exact) mass is 258 g/mol. The maximum Gasteiger partial charge on any atom is 0.352 e. The van der Waals surface area contributed by atoms with E-state index in [1.165, 1.54) is 0 Å². The van der Waals surface area contributed by atoms with Gasteiger partial charge >= 0.3 is 5.97 Å². The fraction of sp³-hybridized carbons (Fsp3) is 0.300. The van der Waals surface area contributed by atoms with Gasteiger partial charge in [0.1, 0.15) is 10.6 Å². The van der Waals surface area contributed by atoms with Crippen LogP contribution in [-0.4, -0.2) is 31.0 Å². The number of aromatic amines is 1. The van der Waals surface area contributed by atoms with Gasteiger partial charge in [-0.3, -0.25) is 0 Å². The summed E-state index contributed by atoms with van der Waals surface area (Å²) < 4.78 is 25.7. The van der Waals surface area contributed by atoms with E-state index in [1.54, 1.807) is 6.08 Å². The number of H-pyrrole nitrogens is 1. The van der Waals surface area contributed by atoms with Gasteiger partial charge in [0.2, 0.25) is 10.0 Å². The van der Waals surface area contributed by atoms with Gasteiger partial charge in [0.15, 0.2) is 0 Å². The summed E-state index contributed by atoms with van der Waals surface area (Å²) in [5.74, 6) is -1.20. The number of hydrogen-bond acceptors (Lipinski definition) is 3. The van der Waals surface area contributed by atoms with Gasteiger partial charge in [0.05, 0.1) is 0 Å². The lowest BCUT2D eigenvalue weighted by atomic mass is 10.3. The summed E-state index contributed by atoms with van der Waals surface area (Å²) >= 11 is 0. The Morgan fingerprint density at radius 1 is 1.53 bits per heavy atom. The van der Waals surface area contributed by atoms with Crippen LogP contribution in [0.5, 0.6) is 0 Å². The first kappa shape index (κ1) is 13.5. The number of nitrogens with one attached hydrogen (secondary N) is 2. The topological polar surface area (TPSA) is 99.3 Å². The lowest BCUT2D eigenvalue weighted by Crippen LogP contribution is -2.23. The molecular weight excluding hydrogens is 244 g/mol. The van der Waals surface area contributed by atoms with Gasteiger partial charge in [-0.05, 0) is 19.9 Å². The Morgan fingerprint density at radius 2 is 2.18 bits per heavy atom. The molecule has 7 heteroatoms. The van der Waals surface area contributed by atoms with Gasteiger partial charge in [-0.2, -0.15) is 0 Å². The van der Waals surface area contributed by atoms with Crippen LogP contribution in [0, 0.1) is 0 Å². The Bertz CT molecular complexity index is 538. The van der Waals surface area contributed by atoms with Crippen molar-refractivity contribution in [2.24, 2.45) is 0 Å². The van der Waals surface area contributed by atoms with Gasteiger partial charge in [-0.25, -0.2) is 17.9 Å². The number of carboxylic acids is 1. The molecule has 0 aliphatic heterocycles. The molecule has 0 unspecified atom stereocenters. The van der Waals surface area contributed by atoms with E-state index in [0.29, 0.717) is 0 Å². The summed E-state index contributed by atoms with van der Waals surface area (Å²) in [5.41, 5.74) is 0.834. The number of hydrogen-bond donors (Lipinski definition) is 3. The molecule has 6 nitrogen and oxygen atoms in total. The minimum Gasteiger partial charge on any atom is -0.477 e. The molecule has 0 fully saturated rings. The normalized spacial score (nSPS) is 11.2. The summed E-state index contributed by atoms with van der Waals surface area (Å²) in [6, 6.07) is 1.08. The Morgan fingerprint density at radius 3 is 2.65 bits per heavy atom. The molecule has 17 heavy (non-hydrogen) atoms. The minimum absolute atomic E-state index is 0.0861. The van der Waals surface area contributed by atoms with E-state index in [9.17, 15) is 13.2 Å². The lowest BCUT2D eigenvalue weighted by molar-refractivity contribution is 0.0691. The van der Waals surface area contributed by atoms with Gasteiger partial charge in [0.25, 0.3) is 0 Å². The number of aromatic nitrogens is 1. The van der Waals surface area contributed by atoms with Crippen molar-refractivity contribution in [3.05, 3.63) is 29.6 Å². The van der Waals surface area contributed by atoms with Crippen LogP contribution < -0.4 is 4.72 Å². The van der Waals surface area contributed by atoms with E-state index in [0.717, 1.165) is 17.8 Å². The summed E-state index contributed by atoms with van der Waals surface area (Å²) in [7, 11) is -3.66. The molecule has 0 atom stereocenters. The smallest absolute Gasteiger partial charge is 0.352 e. The second kappa shape index (κ2) is 5.15. The van der Waals surface area contributed by atoms with Crippen LogP contribution >= 0.6 is 0 Å². The first-order valence-corrected chi connectivity index (χ1v) is 6.36. The molecule has 94 valence electrons. The Kier molecular flexibility index (Phi) is 4.08. The standard InChI is InChI=1S/C10H14N2O4S/c1-7(2)3-4-12-17(15,16)8-5-9(10(13)14)11-6-8/h3,5-6,11-12H,4H2,1-2H3,(H,13,14). The van der Waals surface area contributed by atoms with Gasteiger partial charge in [0, 0.05) is 12.7 Å². The molecule has 1 aromatic heterocycles. The first-order chi connectivity index (χ1) is 7.83. The zero-order valence-electron chi connectivity index (χ0n) is 9.52. The van der Waals surface area contributed by atoms with Crippen LogP contribution in [-0.2, 0) is 10.0 Å². The number of aromatic carboxylic acids is 1. The van der Waals surface area contributed by atoms with Crippen molar-refractivity contribution in [1.82, 2.24) is 9.71 Å². The molecule has 0 aliphatic rings. The fourth-order valence-corrected chi connectivity index (χ4v) is 2.05. The lowest BCUT2D eigenvalue weighted by Gasteiger charge is -2.01. The minimum atomic E-state index is -3.66.